The molecule has 1 aromatic rings. The Morgan fingerprint density at radius 3 is 2.50 bits per heavy atom. The normalized spacial score (nSPS) is 19.7. The number of hydrogen-bond donors (Lipinski definition) is 1. The van der Waals surface area contributed by atoms with Crippen molar-refractivity contribution in [2.24, 2.45) is 5.92 Å². The molecule has 1 N–H and O–H groups in total. The number of hydrogen-bond acceptors (Lipinski definition) is 2. The lowest BCUT2D eigenvalue weighted by Crippen LogP contribution is -2.44. The number of anilines is 2. The minimum absolute atomic E-state index is 0.212. The van der Waals surface area contributed by atoms with Crippen molar-refractivity contribution in [1.82, 2.24) is 0 Å². The van der Waals surface area contributed by atoms with Gasteiger partial charge in [-0.1, -0.05) is 40.7 Å². The molecule has 2 nitrogen and oxygen atoms in total. The van der Waals surface area contributed by atoms with E-state index in [-0.39, 0.29) is 5.41 Å². The maximum atomic E-state index is 3.60. The van der Waals surface area contributed by atoms with E-state index >= 15 is 0 Å². The van der Waals surface area contributed by atoms with Crippen LogP contribution in [-0.4, -0.2) is 19.6 Å². The van der Waals surface area contributed by atoms with Crippen molar-refractivity contribution < 1.29 is 0 Å². The Morgan fingerprint density at radius 1 is 1.28 bits per heavy atom. The highest BCUT2D eigenvalue weighted by Gasteiger charge is 2.26. The molecular weight excluding hydrogens is 220 g/mol. The molecule has 0 amide bonds. The second-order valence-corrected chi connectivity index (χ2v) is 6.79. The minimum atomic E-state index is 0.212. The number of nitrogens with one attached hydrogen (secondary N) is 1. The standard InChI is InChI=1S/C16H26N2/c1-11(2)15-10-17-13-9-12(16(3,4)5)7-8-14(13)18(15)6/h7-9,11,15,17H,10H2,1-6H3. The molecule has 0 aliphatic carbocycles. The molecular formula is C16H26N2. The van der Waals surface area contributed by atoms with Gasteiger partial charge in [0.2, 0.25) is 0 Å². The van der Waals surface area contributed by atoms with Crippen molar-refractivity contribution >= 4 is 11.4 Å². The molecule has 0 saturated heterocycles. The van der Waals surface area contributed by atoms with Crippen LogP contribution in [0.2, 0.25) is 0 Å². The van der Waals surface area contributed by atoms with Crippen LogP contribution >= 0.6 is 0 Å². The molecule has 0 spiro atoms. The number of likely N-dealkylation sites (N-methyl/N-ethyl adjacent to an activating group) is 1. The number of rotatable bonds is 1. The van der Waals surface area contributed by atoms with E-state index in [9.17, 15) is 0 Å². The lowest BCUT2D eigenvalue weighted by atomic mass is 9.86. The van der Waals surface area contributed by atoms with Gasteiger partial charge in [0.25, 0.3) is 0 Å². The van der Waals surface area contributed by atoms with Crippen molar-refractivity contribution in [3.8, 4) is 0 Å². The fraction of sp³-hybridized carbons (Fsp3) is 0.625. The van der Waals surface area contributed by atoms with E-state index in [0.29, 0.717) is 12.0 Å². The Balaban J connectivity index is 2.35. The average Bonchev–Trinajstić information content (AvgIpc) is 2.27. The third-order valence-corrected chi connectivity index (χ3v) is 4.01. The second-order valence-electron chi connectivity index (χ2n) is 6.79. The van der Waals surface area contributed by atoms with E-state index in [4.69, 9.17) is 0 Å². The highest BCUT2D eigenvalue weighted by molar-refractivity contribution is 5.73. The first-order valence-electron chi connectivity index (χ1n) is 6.92. The summed E-state index contributed by atoms with van der Waals surface area (Å²) in [6.45, 7) is 12.4. The molecule has 1 aromatic carbocycles. The fourth-order valence-corrected chi connectivity index (χ4v) is 2.66. The molecule has 1 atom stereocenters. The van der Waals surface area contributed by atoms with Crippen molar-refractivity contribution in [3.63, 3.8) is 0 Å². The first kappa shape index (κ1) is 13.3. The van der Waals surface area contributed by atoms with Gasteiger partial charge in [-0.15, -0.1) is 0 Å². The van der Waals surface area contributed by atoms with Crippen LogP contribution in [0.15, 0.2) is 18.2 Å². The van der Waals surface area contributed by atoms with Crippen LogP contribution < -0.4 is 10.2 Å². The first-order chi connectivity index (χ1) is 8.30. The lowest BCUT2D eigenvalue weighted by molar-refractivity contribution is 0.482. The van der Waals surface area contributed by atoms with Crippen LogP contribution in [0.5, 0.6) is 0 Å². The highest BCUT2D eigenvalue weighted by Crippen LogP contribution is 2.36. The SMILES string of the molecule is CC(C)C1CNc2cc(C(C)(C)C)ccc2N1C. The molecule has 0 bridgehead atoms. The Kier molecular flexibility index (Phi) is 3.31. The maximum Gasteiger partial charge on any atom is 0.0602 e. The molecule has 0 fully saturated rings. The van der Waals surface area contributed by atoms with Crippen LogP contribution in [-0.2, 0) is 5.41 Å². The quantitative estimate of drug-likeness (QED) is 0.809. The summed E-state index contributed by atoms with van der Waals surface area (Å²) >= 11 is 0. The van der Waals surface area contributed by atoms with Crippen LogP contribution in [0.4, 0.5) is 11.4 Å². The van der Waals surface area contributed by atoms with Crippen molar-refractivity contribution in [2.45, 2.75) is 46.1 Å². The summed E-state index contributed by atoms with van der Waals surface area (Å²) in [5.74, 6) is 0.665. The van der Waals surface area contributed by atoms with Crippen LogP contribution in [0.25, 0.3) is 0 Å². The first-order valence-corrected chi connectivity index (χ1v) is 6.92. The van der Waals surface area contributed by atoms with Gasteiger partial charge in [0.05, 0.1) is 11.4 Å². The Bertz CT molecular complexity index is 429. The second kappa shape index (κ2) is 4.49. The topological polar surface area (TPSA) is 15.3 Å². The van der Waals surface area contributed by atoms with Gasteiger partial charge in [0.1, 0.15) is 0 Å². The Labute approximate surface area is 111 Å². The van der Waals surface area contributed by atoms with E-state index in [1.165, 1.54) is 16.9 Å². The van der Waals surface area contributed by atoms with Gasteiger partial charge < -0.3 is 10.2 Å². The monoisotopic (exact) mass is 246 g/mol. The third kappa shape index (κ3) is 2.33. The maximum absolute atomic E-state index is 3.60. The van der Waals surface area contributed by atoms with E-state index in [0.717, 1.165) is 6.54 Å². The summed E-state index contributed by atoms with van der Waals surface area (Å²) in [6, 6.07) is 7.41. The van der Waals surface area contributed by atoms with Gasteiger partial charge in [0, 0.05) is 19.6 Å². The van der Waals surface area contributed by atoms with E-state index < -0.39 is 0 Å². The van der Waals surface area contributed by atoms with Crippen LogP contribution in [0.3, 0.4) is 0 Å². The van der Waals surface area contributed by atoms with Gasteiger partial charge in [-0.2, -0.15) is 0 Å². The molecule has 1 heterocycles. The molecule has 0 radical (unpaired) electrons. The molecule has 2 rings (SSSR count). The summed E-state index contributed by atoms with van der Waals surface area (Å²) in [7, 11) is 2.21. The summed E-state index contributed by atoms with van der Waals surface area (Å²) < 4.78 is 0. The van der Waals surface area contributed by atoms with Gasteiger partial charge in [-0.05, 0) is 29.0 Å². The van der Waals surface area contributed by atoms with Crippen molar-refractivity contribution in [2.75, 3.05) is 23.8 Å². The fourth-order valence-electron chi connectivity index (χ4n) is 2.66. The van der Waals surface area contributed by atoms with Crippen LogP contribution in [0.1, 0.15) is 40.2 Å². The van der Waals surface area contributed by atoms with Gasteiger partial charge in [-0.3, -0.25) is 0 Å². The van der Waals surface area contributed by atoms with Gasteiger partial charge >= 0.3 is 0 Å². The van der Waals surface area contributed by atoms with E-state index in [1.807, 2.05) is 0 Å². The number of benzene rings is 1. The Hall–Kier alpha value is -1.18. The molecule has 1 aliphatic heterocycles. The zero-order chi connectivity index (χ0) is 13.5. The molecule has 18 heavy (non-hydrogen) atoms. The van der Waals surface area contributed by atoms with Crippen molar-refractivity contribution in [3.05, 3.63) is 23.8 Å². The minimum Gasteiger partial charge on any atom is -0.381 e. The summed E-state index contributed by atoms with van der Waals surface area (Å²) in [4.78, 5) is 2.42. The highest BCUT2D eigenvalue weighted by atomic mass is 15.2. The molecule has 100 valence electrons. The smallest absolute Gasteiger partial charge is 0.0602 e. The predicted octanol–water partition coefficient (Wildman–Crippen LogP) is 3.87. The van der Waals surface area contributed by atoms with Crippen molar-refractivity contribution in [1.29, 1.82) is 0 Å². The zero-order valence-electron chi connectivity index (χ0n) is 12.5. The van der Waals surface area contributed by atoms with Gasteiger partial charge in [-0.25, -0.2) is 0 Å². The Morgan fingerprint density at radius 2 is 1.94 bits per heavy atom. The molecule has 1 unspecified atom stereocenters. The van der Waals surface area contributed by atoms with E-state index in [1.54, 1.807) is 0 Å². The third-order valence-electron chi connectivity index (χ3n) is 4.01. The molecule has 1 aliphatic rings. The molecule has 2 heteroatoms. The number of nitrogens with zero attached hydrogens (tertiary/aromatic N) is 1. The van der Waals surface area contributed by atoms with E-state index in [2.05, 4.69) is 70.1 Å². The van der Waals surface area contributed by atoms with Crippen LogP contribution in [0, 0.1) is 5.92 Å². The molecule has 0 saturated carbocycles. The van der Waals surface area contributed by atoms with Gasteiger partial charge in [0.15, 0.2) is 0 Å². The lowest BCUT2D eigenvalue weighted by Gasteiger charge is -2.39. The summed E-state index contributed by atoms with van der Waals surface area (Å²) in [5.41, 5.74) is 4.21. The number of fused-ring (bicyclic) bond motifs is 1. The summed E-state index contributed by atoms with van der Waals surface area (Å²) in [6.07, 6.45) is 0. The molecule has 0 aromatic heterocycles. The average molecular weight is 246 g/mol. The predicted molar refractivity (Wildman–Crippen MR) is 80.7 cm³/mol. The zero-order valence-corrected chi connectivity index (χ0v) is 12.5. The largest absolute Gasteiger partial charge is 0.381 e. The summed E-state index contributed by atoms with van der Waals surface area (Å²) in [5, 5.41) is 3.60.